The highest BCUT2D eigenvalue weighted by atomic mass is 35.5. The molecule has 8 nitrogen and oxygen atoms in total. The quantitative estimate of drug-likeness (QED) is 0.400. The van der Waals surface area contributed by atoms with E-state index in [4.69, 9.17) is 11.6 Å². The minimum atomic E-state index is -1.59. The zero-order chi connectivity index (χ0) is 24.4. The third kappa shape index (κ3) is 5.35. The Kier molecular flexibility index (Phi) is 6.79. The molecule has 4 heterocycles. The highest BCUT2D eigenvalue weighted by Crippen LogP contribution is 2.28. The molecule has 4 aromatic rings. The summed E-state index contributed by atoms with van der Waals surface area (Å²) in [5.41, 5.74) is -0.638. The molecule has 0 radical (unpaired) electrons. The average molecular weight is 502 g/mol. The number of aliphatic hydroxyl groups is 1. The predicted molar refractivity (Wildman–Crippen MR) is 128 cm³/mol. The highest BCUT2D eigenvalue weighted by molar-refractivity contribution is 6.31. The summed E-state index contributed by atoms with van der Waals surface area (Å²) >= 11 is 6.03. The first-order valence-corrected chi connectivity index (χ1v) is 11.8. The van der Waals surface area contributed by atoms with Crippen LogP contribution < -0.4 is 0 Å². The zero-order valence-electron chi connectivity index (χ0n) is 19.1. The third-order valence-electron chi connectivity index (χ3n) is 6.50. The van der Waals surface area contributed by atoms with Crippen molar-refractivity contribution in [2.75, 3.05) is 39.3 Å². The minimum absolute atomic E-state index is 0.00743. The highest BCUT2D eigenvalue weighted by Gasteiger charge is 2.36. The SMILES string of the molecule is OC(CN1CCN(CCn2ccc3cc(Cl)cnc32)CC1)(Cn1cncn1)c1ccc(F)cc1F. The molecule has 1 aromatic carbocycles. The van der Waals surface area contributed by atoms with Crippen LogP contribution in [0.3, 0.4) is 0 Å². The van der Waals surface area contributed by atoms with Crippen LogP contribution in [0.15, 0.2) is 55.4 Å². The van der Waals surface area contributed by atoms with Crippen molar-refractivity contribution >= 4 is 22.6 Å². The van der Waals surface area contributed by atoms with E-state index in [2.05, 4.69) is 29.4 Å². The average Bonchev–Trinajstić information content (AvgIpc) is 3.47. The van der Waals surface area contributed by atoms with Gasteiger partial charge in [0.25, 0.3) is 0 Å². The summed E-state index contributed by atoms with van der Waals surface area (Å²) in [6.45, 7) is 4.90. The number of halogens is 3. The van der Waals surface area contributed by atoms with E-state index in [0.717, 1.165) is 49.3 Å². The lowest BCUT2D eigenvalue weighted by Gasteiger charge is -2.39. The second kappa shape index (κ2) is 9.98. The third-order valence-corrected chi connectivity index (χ3v) is 6.70. The van der Waals surface area contributed by atoms with Crippen molar-refractivity contribution in [3.63, 3.8) is 0 Å². The van der Waals surface area contributed by atoms with Gasteiger partial charge in [-0.25, -0.2) is 23.4 Å². The van der Waals surface area contributed by atoms with Crippen LogP contribution in [-0.2, 0) is 18.7 Å². The monoisotopic (exact) mass is 501 g/mol. The Morgan fingerprint density at radius 2 is 1.80 bits per heavy atom. The lowest BCUT2D eigenvalue weighted by molar-refractivity contribution is -0.0319. The number of rotatable bonds is 8. The van der Waals surface area contributed by atoms with Crippen molar-refractivity contribution in [1.82, 2.24) is 34.1 Å². The van der Waals surface area contributed by atoms with Gasteiger partial charge in [0, 0.05) is 75.2 Å². The molecule has 1 N–H and O–H groups in total. The number of fused-ring (bicyclic) bond motifs is 1. The summed E-state index contributed by atoms with van der Waals surface area (Å²) in [6.07, 6.45) is 6.51. The number of piperazine rings is 1. The molecule has 0 spiro atoms. The fraction of sp³-hybridized carbons (Fsp3) is 0.375. The summed E-state index contributed by atoms with van der Waals surface area (Å²) in [5.74, 6) is -1.46. The van der Waals surface area contributed by atoms with Crippen LogP contribution in [0.5, 0.6) is 0 Å². The summed E-state index contributed by atoms with van der Waals surface area (Å²) in [5, 5.41) is 17.3. The van der Waals surface area contributed by atoms with E-state index >= 15 is 0 Å². The predicted octanol–water partition coefficient (Wildman–Crippen LogP) is 2.77. The Labute approximate surface area is 206 Å². The van der Waals surface area contributed by atoms with E-state index in [1.54, 1.807) is 6.20 Å². The molecule has 11 heteroatoms. The van der Waals surface area contributed by atoms with Gasteiger partial charge in [-0.15, -0.1) is 0 Å². The van der Waals surface area contributed by atoms with E-state index in [1.807, 2.05) is 18.3 Å². The van der Waals surface area contributed by atoms with Crippen LogP contribution >= 0.6 is 11.6 Å². The van der Waals surface area contributed by atoms with Gasteiger partial charge in [0.2, 0.25) is 0 Å². The van der Waals surface area contributed by atoms with Gasteiger partial charge in [0.05, 0.1) is 11.6 Å². The van der Waals surface area contributed by atoms with Crippen molar-refractivity contribution in [3.05, 3.63) is 77.6 Å². The minimum Gasteiger partial charge on any atom is -0.382 e. The van der Waals surface area contributed by atoms with E-state index < -0.39 is 17.2 Å². The number of pyridine rings is 1. The summed E-state index contributed by atoms with van der Waals surface area (Å²) in [6, 6.07) is 7.19. The van der Waals surface area contributed by atoms with Gasteiger partial charge in [-0.05, 0) is 18.2 Å². The van der Waals surface area contributed by atoms with Crippen molar-refractivity contribution in [3.8, 4) is 0 Å². The lowest BCUT2D eigenvalue weighted by atomic mass is 9.92. The number of benzene rings is 1. The Morgan fingerprint density at radius 1 is 1.00 bits per heavy atom. The van der Waals surface area contributed by atoms with Crippen molar-refractivity contribution in [1.29, 1.82) is 0 Å². The van der Waals surface area contributed by atoms with Gasteiger partial charge in [-0.1, -0.05) is 17.7 Å². The molecule has 1 aliphatic rings. The Morgan fingerprint density at radius 3 is 2.54 bits per heavy atom. The Hall–Kier alpha value is -2.92. The number of β-amino-alcohol motifs (C(OH)–C–C–N with tert-alkyl or cyclic N) is 1. The number of hydrogen-bond donors (Lipinski definition) is 1. The normalized spacial score (nSPS) is 17.1. The first kappa shape index (κ1) is 23.8. The van der Waals surface area contributed by atoms with Crippen LogP contribution in [0.4, 0.5) is 8.78 Å². The van der Waals surface area contributed by atoms with Gasteiger partial charge in [-0.2, -0.15) is 5.10 Å². The molecule has 1 saturated heterocycles. The van der Waals surface area contributed by atoms with Crippen LogP contribution in [-0.4, -0.2) is 78.5 Å². The summed E-state index contributed by atoms with van der Waals surface area (Å²) < 4.78 is 31.8. The van der Waals surface area contributed by atoms with Crippen LogP contribution in [0.1, 0.15) is 5.56 Å². The molecule has 184 valence electrons. The standard InChI is InChI=1S/C24H26ClF2N7O/c25-19-11-18-3-4-33(23(18)29-13-19)10-9-31-5-7-32(8-6-31)14-24(35,15-34-17-28-16-30-34)21-2-1-20(26)12-22(21)27/h1-4,11-13,16-17,35H,5-10,14-15H2. The van der Waals surface area contributed by atoms with E-state index in [1.165, 1.54) is 23.4 Å². The summed E-state index contributed by atoms with van der Waals surface area (Å²) in [4.78, 5) is 12.8. The molecule has 1 aliphatic heterocycles. The smallest absolute Gasteiger partial charge is 0.139 e. The fourth-order valence-corrected chi connectivity index (χ4v) is 4.86. The van der Waals surface area contributed by atoms with Gasteiger partial charge in [0.15, 0.2) is 0 Å². The molecule has 35 heavy (non-hydrogen) atoms. The van der Waals surface area contributed by atoms with Crippen molar-refractivity contribution in [2.45, 2.75) is 18.7 Å². The van der Waals surface area contributed by atoms with Gasteiger partial charge in [-0.3, -0.25) is 9.80 Å². The lowest BCUT2D eigenvalue weighted by Crippen LogP contribution is -2.52. The first-order valence-electron chi connectivity index (χ1n) is 11.4. The Balaban J connectivity index is 1.22. The van der Waals surface area contributed by atoms with E-state index in [9.17, 15) is 13.9 Å². The van der Waals surface area contributed by atoms with E-state index in [-0.39, 0.29) is 18.7 Å². The Bertz CT molecular complexity index is 1290. The zero-order valence-corrected chi connectivity index (χ0v) is 19.8. The number of nitrogens with zero attached hydrogens (tertiary/aromatic N) is 7. The molecule has 1 atom stereocenters. The first-order chi connectivity index (χ1) is 16.9. The molecule has 0 bridgehead atoms. The molecule has 5 rings (SSSR count). The van der Waals surface area contributed by atoms with Gasteiger partial charge in [0.1, 0.15) is 35.5 Å². The maximum absolute atomic E-state index is 14.7. The second-order valence-electron chi connectivity index (χ2n) is 8.94. The maximum Gasteiger partial charge on any atom is 0.139 e. The molecular formula is C24H26ClF2N7O. The maximum atomic E-state index is 14.7. The number of hydrogen-bond acceptors (Lipinski definition) is 6. The fourth-order valence-electron chi connectivity index (χ4n) is 4.69. The second-order valence-corrected chi connectivity index (χ2v) is 9.38. The van der Waals surface area contributed by atoms with Gasteiger partial charge < -0.3 is 9.67 Å². The van der Waals surface area contributed by atoms with E-state index in [0.29, 0.717) is 18.1 Å². The number of aromatic nitrogens is 5. The molecule has 1 fully saturated rings. The molecule has 1 unspecified atom stereocenters. The van der Waals surface area contributed by atoms with Crippen molar-refractivity contribution in [2.24, 2.45) is 0 Å². The molecule has 0 aliphatic carbocycles. The van der Waals surface area contributed by atoms with Crippen LogP contribution in [0.25, 0.3) is 11.0 Å². The van der Waals surface area contributed by atoms with Crippen LogP contribution in [0.2, 0.25) is 5.02 Å². The largest absolute Gasteiger partial charge is 0.382 e. The molecule has 0 saturated carbocycles. The topological polar surface area (TPSA) is 75.2 Å². The van der Waals surface area contributed by atoms with Crippen molar-refractivity contribution < 1.29 is 13.9 Å². The molecular weight excluding hydrogens is 476 g/mol. The summed E-state index contributed by atoms with van der Waals surface area (Å²) in [7, 11) is 0. The van der Waals surface area contributed by atoms with Gasteiger partial charge >= 0.3 is 0 Å². The van der Waals surface area contributed by atoms with Crippen LogP contribution in [0, 0.1) is 11.6 Å². The molecule has 0 amide bonds. The molecule has 3 aromatic heterocycles.